The highest BCUT2D eigenvalue weighted by Crippen LogP contribution is 2.24. The molecule has 0 aromatic heterocycles. The van der Waals surface area contributed by atoms with Gasteiger partial charge in [-0.25, -0.2) is 9.86 Å². The summed E-state index contributed by atoms with van der Waals surface area (Å²) in [6.45, 7) is 4.93. The number of aliphatic hydroxyl groups is 1. The van der Waals surface area contributed by atoms with Crippen LogP contribution in [0.1, 0.15) is 6.92 Å². The van der Waals surface area contributed by atoms with E-state index in [1.54, 1.807) is 0 Å². The zero-order valence-electron chi connectivity index (χ0n) is 6.98. The maximum absolute atomic E-state index is 10.6. The van der Waals surface area contributed by atoms with Crippen molar-refractivity contribution in [1.29, 1.82) is 0 Å². The quantitative estimate of drug-likeness (QED) is 0.565. The molecule has 0 unspecified atom stereocenters. The lowest BCUT2D eigenvalue weighted by molar-refractivity contribution is -0.140. The fourth-order valence-corrected chi connectivity index (χ4v) is 1.00. The maximum Gasteiger partial charge on any atom is 0.358 e. The summed E-state index contributed by atoms with van der Waals surface area (Å²) in [7, 11) is 0. The zero-order valence-corrected chi connectivity index (χ0v) is 6.98. The predicted octanol–water partition coefficient (Wildman–Crippen LogP) is 1.01. The number of rotatable bonds is 1. The molecule has 0 spiro atoms. The molecule has 1 heterocycles. The lowest BCUT2D eigenvalue weighted by Gasteiger charge is -2.23. The fourth-order valence-electron chi connectivity index (χ4n) is 1.00. The van der Waals surface area contributed by atoms with Crippen LogP contribution in [-0.2, 0) is 4.79 Å². The zero-order chi connectivity index (χ0) is 10.2. The number of carboxylic acids is 1. The van der Waals surface area contributed by atoms with E-state index in [4.69, 9.17) is 5.11 Å². The minimum Gasteiger partial charge on any atom is -0.505 e. The van der Waals surface area contributed by atoms with E-state index >= 15 is 0 Å². The molecule has 1 aliphatic rings. The molecule has 0 bridgehead atoms. The Balaban J connectivity index is 3.22. The molecular formula is C8H9NO4. The highest BCUT2D eigenvalue weighted by Gasteiger charge is 2.26. The molecule has 0 aromatic carbocycles. The van der Waals surface area contributed by atoms with Crippen LogP contribution in [0.25, 0.3) is 0 Å². The number of aliphatic hydroxyl groups excluding tert-OH is 1. The second-order valence-electron chi connectivity index (χ2n) is 2.63. The van der Waals surface area contributed by atoms with Gasteiger partial charge < -0.3 is 10.2 Å². The molecule has 0 aliphatic carbocycles. The van der Waals surface area contributed by atoms with Crippen molar-refractivity contribution in [3.63, 3.8) is 0 Å². The van der Waals surface area contributed by atoms with Crippen molar-refractivity contribution in [2.24, 2.45) is 0 Å². The van der Waals surface area contributed by atoms with E-state index in [1.165, 1.54) is 13.0 Å². The Labute approximate surface area is 74.5 Å². The summed E-state index contributed by atoms with van der Waals surface area (Å²) >= 11 is 0. The third-order valence-corrected chi connectivity index (χ3v) is 1.66. The van der Waals surface area contributed by atoms with Gasteiger partial charge in [0.05, 0.1) is 0 Å². The maximum atomic E-state index is 10.6. The van der Waals surface area contributed by atoms with Crippen molar-refractivity contribution in [1.82, 2.24) is 5.06 Å². The van der Waals surface area contributed by atoms with Crippen LogP contribution >= 0.6 is 0 Å². The van der Waals surface area contributed by atoms with Crippen molar-refractivity contribution < 1.29 is 20.2 Å². The SMILES string of the molecule is C=C1C=C(C)N(O)C(C(=O)O)=C1O. The van der Waals surface area contributed by atoms with Gasteiger partial charge in [0.1, 0.15) is 0 Å². The lowest BCUT2D eigenvalue weighted by Crippen LogP contribution is -2.27. The Morgan fingerprint density at radius 1 is 1.62 bits per heavy atom. The summed E-state index contributed by atoms with van der Waals surface area (Å²) in [5, 5.41) is 27.5. The minimum atomic E-state index is -1.41. The molecular weight excluding hydrogens is 174 g/mol. The minimum absolute atomic E-state index is 0.167. The van der Waals surface area contributed by atoms with Gasteiger partial charge in [0, 0.05) is 11.3 Å². The topological polar surface area (TPSA) is 81.0 Å². The Hall–Kier alpha value is -1.75. The summed E-state index contributed by atoms with van der Waals surface area (Å²) < 4.78 is 0. The first-order valence-corrected chi connectivity index (χ1v) is 3.48. The van der Waals surface area contributed by atoms with Gasteiger partial charge in [-0.2, -0.15) is 0 Å². The van der Waals surface area contributed by atoms with Gasteiger partial charge in [0.15, 0.2) is 11.5 Å². The second-order valence-corrected chi connectivity index (χ2v) is 2.63. The Kier molecular flexibility index (Phi) is 2.12. The third kappa shape index (κ3) is 1.41. The summed E-state index contributed by atoms with van der Waals surface area (Å²) in [4.78, 5) is 10.6. The van der Waals surface area contributed by atoms with Crippen LogP contribution in [0.15, 0.2) is 35.4 Å². The van der Waals surface area contributed by atoms with Crippen molar-refractivity contribution in [3.05, 3.63) is 35.4 Å². The van der Waals surface area contributed by atoms with Gasteiger partial charge >= 0.3 is 5.97 Å². The highest BCUT2D eigenvalue weighted by atomic mass is 16.5. The van der Waals surface area contributed by atoms with Gasteiger partial charge in [-0.15, -0.1) is 0 Å². The van der Waals surface area contributed by atoms with Crippen LogP contribution in [-0.4, -0.2) is 26.5 Å². The van der Waals surface area contributed by atoms with Crippen LogP contribution in [0.4, 0.5) is 0 Å². The summed E-state index contributed by atoms with van der Waals surface area (Å²) in [5.41, 5.74) is -0.120. The molecule has 5 nitrogen and oxygen atoms in total. The molecule has 5 heteroatoms. The molecule has 0 saturated carbocycles. The number of nitrogens with zero attached hydrogens (tertiary/aromatic N) is 1. The highest BCUT2D eigenvalue weighted by molar-refractivity contribution is 5.88. The predicted molar refractivity (Wildman–Crippen MR) is 43.8 cm³/mol. The number of hydroxylamine groups is 2. The van der Waals surface area contributed by atoms with E-state index in [0.29, 0.717) is 10.8 Å². The first-order chi connectivity index (χ1) is 5.95. The summed E-state index contributed by atoms with van der Waals surface area (Å²) in [6, 6.07) is 0. The molecule has 3 N–H and O–H groups in total. The molecule has 0 aromatic rings. The number of hydrogen-bond donors (Lipinski definition) is 3. The van der Waals surface area contributed by atoms with Crippen molar-refractivity contribution in [2.75, 3.05) is 0 Å². The van der Waals surface area contributed by atoms with Crippen LogP contribution in [0.2, 0.25) is 0 Å². The average molecular weight is 183 g/mol. The van der Waals surface area contributed by atoms with Crippen LogP contribution < -0.4 is 0 Å². The van der Waals surface area contributed by atoms with Crippen molar-refractivity contribution in [2.45, 2.75) is 6.92 Å². The Morgan fingerprint density at radius 3 is 2.62 bits per heavy atom. The van der Waals surface area contributed by atoms with E-state index in [0.717, 1.165) is 0 Å². The van der Waals surface area contributed by atoms with Crippen LogP contribution in [0.3, 0.4) is 0 Å². The van der Waals surface area contributed by atoms with Crippen molar-refractivity contribution in [3.8, 4) is 0 Å². The molecule has 0 amide bonds. The fraction of sp³-hybridized carbons (Fsp3) is 0.125. The lowest BCUT2D eigenvalue weighted by atomic mass is 10.1. The summed E-state index contributed by atoms with van der Waals surface area (Å²) in [5.74, 6) is -1.94. The van der Waals surface area contributed by atoms with E-state index < -0.39 is 17.4 Å². The van der Waals surface area contributed by atoms with Crippen LogP contribution in [0.5, 0.6) is 0 Å². The molecule has 13 heavy (non-hydrogen) atoms. The molecule has 1 aliphatic heterocycles. The van der Waals surface area contributed by atoms with Gasteiger partial charge in [-0.3, -0.25) is 5.21 Å². The number of hydrogen-bond acceptors (Lipinski definition) is 4. The monoisotopic (exact) mass is 183 g/mol. The largest absolute Gasteiger partial charge is 0.505 e. The first kappa shape index (κ1) is 9.34. The molecule has 70 valence electrons. The Bertz CT molecular complexity index is 340. The molecule has 1 rings (SSSR count). The number of carbonyl (C=O) groups is 1. The first-order valence-electron chi connectivity index (χ1n) is 3.48. The smallest absolute Gasteiger partial charge is 0.358 e. The normalized spacial score (nSPS) is 17.5. The van der Waals surface area contributed by atoms with E-state index in [1.807, 2.05) is 0 Å². The van der Waals surface area contributed by atoms with E-state index in [-0.39, 0.29) is 5.57 Å². The molecule has 0 saturated heterocycles. The standard InChI is InChI=1S/C8H9NO4/c1-4-3-5(2)9(13)6(7(4)10)8(11)12/h3,10,13H,1H2,2H3,(H,11,12). The van der Waals surface area contributed by atoms with Gasteiger partial charge in [0.25, 0.3) is 0 Å². The van der Waals surface area contributed by atoms with Crippen LogP contribution in [0, 0.1) is 0 Å². The van der Waals surface area contributed by atoms with E-state index in [9.17, 15) is 15.1 Å². The molecule has 0 fully saturated rings. The van der Waals surface area contributed by atoms with Crippen molar-refractivity contribution >= 4 is 5.97 Å². The average Bonchev–Trinajstić information content (AvgIpc) is 2.01. The third-order valence-electron chi connectivity index (χ3n) is 1.66. The second kappa shape index (κ2) is 2.95. The van der Waals surface area contributed by atoms with E-state index in [2.05, 4.69) is 6.58 Å². The van der Waals surface area contributed by atoms with Gasteiger partial charge in [0.2, 0.25) is 0 Å². The Morgan fingerprint density at radius 2 is 2.15 bits per heavy atom. The number of allylic oxidation sites excluding steroid dienone is 2. The van der Waals surface area contributed by atoms with Gasteiger partial charge in [-0.05, 0) is 13.0 Å². The molecule has 0 atom stereocenters. The number of carboxylic acid groups (broad SMARTS) is 1. The summed E-state index contributed by atoms with van der Waals surface area (Å²) in [6.07, 6.45) is 1.38. The van der Waals surface area contributed by atoms with Gasteiger partial charge in [-0.1, -0.05) is 6.58 Å². The number of aliphatic carboxylic acids is 1. The molecule has 0 radical (unpaired) electrons.